The molecule has 2 N–H and O–H groups in total. The number of aromatic nitrogens is 2. The van der Waals surface area contributed by atoms with Crippen LogP contribution in [-0.4, -0.2) is 9.97 Å². The summed E-state index contributed by atoms with van der Waals surface area (Å²) in [4.78, 5) is 7.83. The zero-order chi connectivity index (χ0) is 6.69. The van der Waals surface area contributed by atoms with Gasteiger partial charge < -0.3 is 5.73 Å². The van der Waals surface area contributed by atoms with Crippen molar-refractivity contribution >= 4 is 21.6 Å². The quantitative estimate of drug-likeness (QED) is 0.667. The number of hydrogen-bond donors (Lipinski definition) is 1. The van der Waals surface area contributed by atoms with Crippen LogP contribution in [0.25, 0.3) is 0 Å². The van der Waals surface area contributed by atoms with Crippen molar-refractivity contribution in [1.82, 2.24) is 9.97 Å². The maximum Gasteiger partial charge on any atom is 0.138 e. The minimum absolute atomic E-state index is 0.597. The summed E-state index contributed by atoms with van der Waals surface area (Å²) >= 11 is 3.22. The highest BCUT2D eigenvalue weighted by Gasteiger charge is 1.89. The Morgan fingerprint density at radius 2 is 2.00 bits per heavy atom. The summed E-state index contributed by atoms with van der Waals surface area (Å²) in [5, 5.41) is 0.674. The Labute approximate surface area is 61.4 Å². The van der Waals surface area contributed by atoms with Gasteiger partial charge in [-0.15, -0.1) is 0 Å². The van der Waals surface area contributed by atoms with E-state index in [1.165, 1.54) is 0 Å². The third kappa shape index (κ3) is 1.64. The first kappa shape index (κ1) is 6.48. The second-order valence-corrected chi connectivity index (χ2v) is 2.13. The van der Waals surface area contributed by atoms with E-state index in [0.717, 1.165) is 5.82 Å². The van der Waals surface area contributed by atoms with Crippen molar-refractivity contribution in [3.8, 4) is 0 Å². The lowest BCUT2D eigenvalue weighted by atomic mass is 10.5. The summed E-state index contributed by atoms with van der Waals surface area (Å²) in [5.41, 5.74) is 5.94. The van der Waals surface area contributed by atoms with Gasteiger partial charge in [0.2, 0.25) is 0 Å². The average Bonchev–Trinajstić information content (AvgIpc) is 1.90. The van der Waals surface area contributed by atoms with Gasteiger partial charge in [0.25, 0.3) is 0 Å². The van der Waals surface area contributed by atoms with E-state index < -0.39 is 0 Å². The van der Waals surface area contributed by atoms with Gasteiger partial charge >= 0.3 is 0 Å². The molecule has 0 aromatic carbocycles. The molecule has 0 aliphatic carbocycles. The molecule has 0 saturated carbocycles. The van der Waals surface area contributed by atoms with Gasteiger partial charge in [0.1, 0.15) is 5.82 Å². The van der Waals surface area contributed by atoms with Crippen LogP contribution in [0.3, 0.4) is 0 Å². The molecule has 3 nitrogen and oxygen atoms in total. The molecule has 0 aliphatic rings. The van der Waals surface area contributed by atoms with Crippen molar-refractivity contribution in [3.63, 3.8) is 0 Å². The molecule has 4 heteroatoms. The number of anilines is 1. The average molecular weight is 188 g/mol. The Morgan fingerprint density at radius 3 is 2.44 bits per heavy atom. The van der Waals surface area contributed by atoms with E-state index in [4.69, 9.17) is 5.73 Å². The number of halogens is 1. The molecule has 0 unspecified atom stereocenters. The number of nitrogens with zero attached hydrogens (tertiary/aromatic N) is 2. The maximum absolute atomic E-state index is 5.34. The second kappa shape index (κ2) is 2.77. The molecular weight excluding hydrogens is 182 g/mol. The van der Waals surface area contributed by atoms with Crippen LogP contribution in [0.4, 0.5) is 5.69 Å². The van der Waals surface area contributed by atoms with Gasteiger partial charge in [0, 0.05) is 0 Å². The highest BCUT2D eigenvalue weighted by atomic mass is 79.9. The number of nitrogen functional groups attached to an aromatic ring is 1. The highest BCUT2D eigenvalue weighted by molar-refractivity contribution is 9.08. The smallest absolute Gasteiger partial charge is 0.138 e. The fourth-order valence-corrected chi connectivity index (χ4v) is 0.723. The third-order valence-corrected chi connectivity index (χ3v) is 1.35. The molecule has 0 amide bonds. The topological polar surface area (TPSA) is 51.8 Å². The lowest BCUT2D eigenvalue weighted by Crippen LogP contribution is -1.92. The van der Waals surface area contributed by atoms with E-state index in [1.54, 1.807) is 12.4 Å². The second-order valence-electron chi connectivity index (χ2n) is 1.57. The monoisotopic (exact) mass is 187 g/mol. The molecule has 0 fully saturated rings. The molecule has 1 aromatic heterocycles. The first-order valence-corrected chi connectivity index (χ1v) is 3.57. The lowest BCUT2D eigenvalue weighted by molar-refractivity contribution is 1.04. The van der Waals surface area contributed by atoms with Crippen molar-refractivity contribution in [2.75, 3.05) is 5.73 Å². The minimum Gasteiger partial charge on any atom is -0.396 e. The molecule has 1 aromatic rings. The van der Waals surface area contributed by atoms with Gasteiger partial charge in [0.15, 0.2) is 0 Å². The lowest BCUT2D eigenvalue weighted by Gasteiger charge is -1.91. The first-order chi connectivity index (χ1) is 4.33. The van der Waals surface area contributed by atoms with Crippen LogP contribution in [0.2, 0.25) is 0 Å². The number of hydrogen-bond acceptors (Lipinski definition) is 3. The Bertz CT molecular complexity index is 184. The molecule has 0 spiro atoms. The fourth-order valence-electron chi connectivity index (χ4n) is 0.434. The van der Waals surface area contributed by atoms with E-state index in [1.807, 2.05) is 0 Å². The largest absolute Gasteiger partial charge is 0.396 e. The van der Waals surface area contributed by atoms with Gasteiger partial charge in [-0.3, -0.25) is 0 Å². The summed E-state index contributed by atoms with van der Waals surface area (Å²) in [6.07, 6.45) is 3.17. The minimum atomic E-state index is 0.597. The molecule has 9 heavy (non-hydrogen) atoms. The Balaban J connectivity index is 2.88. The Kier molecular flexibility index (Phi) is 2.00. The zero-order valence-electron chi connectivity index (χ0n) is 4.71. The van der Waals surface area contributed by atoms with Crippen LogP contribution in [0.15, 0.2) is 12.4 Å². The zero-order valence-corrected chi connectivity index (χ0v) is 6.30. The molecule has 0 saturated heterocycles. The molecule has 1 rings (SSSR count). The van der Waals surface area contributed by atoms with Crippen molar-refractivity contribution in [2.45, 2.75) is 5.33 Å². The number of nitrogens with two attached hydrogens (primary N) is 1. The van der Waals surface area contributed by atoms with Gasteiger partial charge in [-0.1, -0.05) is 15.9 Å². The number of rotatable bonds is 1. The van der Waals surface area contributed by atoms with Crippen molar-refractivity contribution in [1.29, 1.82) is 0 Å². The van der Waals surface area contributed by atoms with Crippen LogP contribution >= 0.6 is 15.9 Å². The summed E-state index contributed by atoms with van der Waals surface area (Å²) in [7, 11) is 0. The Morgan fingerprint density at radius 1 is 1.44 bits per heavy atom. The molecule has 1 heterocycles. The summed E-state index contributed by atoms with van der Waals surface area (Å²) < 4.78 is 0. The molecule has 0 atom stereocenters. The van der Waals surface area contributed by atoms with Gasteiger partial charge in [0.05, 0.1) is 23.4 Å². The van der Waals surface area contributed by atoms with E-state index in [-0.39, 0.29) is 0 Å². The fraction of sp³-hybridized carbons (Fsp3) is 0.200. The third-order valence-electron chi connectivity index (χ3n) is 0.845. The maximum atomic E-state index is 5.34. The molecule has 0 aliphatic heterocycles. The van der Waals surface area contributed by atoms with Gasteiger partial charge in [-0.05, 0) is 0 Å². The predicted octanol–water partition coefficient (Wildman–Crippen LogP) is 0.954. The van der Waals surface area contributed by atoms with Crippen molar-refractivity contribution in [3.05, 3.63) is 18.2 Å². The predicted molar refractivity (Wildman–Crippen MR) is 39.1 cm³/mol. The van der Waals surface area contributed by atoms with Gasteiger partial charge in [-0.25, -0.2) is 9.97 Å². The van der Waals surface area contributed by atoms with E-state index >= 15 is 0 Å². The summed E-state index contributed by atoms with van der Waals surface area (Å²) in [5.74, 6) is 0.754. The van der Waals surface area contributed by atoms with Crippen LogP contribution in [0.1, 0.15) is 5.82 Å². The highest BCUT2D eigenvalue weighted by Crippen LogP contribution is 1.99. The van der Waals surface area contributed by atoms with Crippen LogP contribution in [-0.2, 0) is 5.33 Å². The standard InChI is InChI=1S/C5H6BrN3/c6-1-5-8-2-4(7)3-9-5/h2-3H,1,7H2. The van der Waals surface area contributed by atoms with E-state index in [9.17, 15) is 0 Å². The Hall–Kier alpha value is -0.640. The van der Waals surface area contributed by atoms with Gasteiger partial charge in [-0.2, -0.15) is 0 Å². The molecule has 48 valence electrons. The molecule has 0 radical (unpaired) electrons. The van der Waals surface area contributed by atoms with Crippen LogP contribution in [0, 0.1) is 0 Å². The summed E-state index contributed by atoms with van der Waals surface area (Å²) in [6.45, 7) is 0. The normalized spacial score (nSPS) is 9.44. The first-order valence-electron chi connectivity index (χ1n) is 2.45. The van der Waals surface area contributed by atoms with E-state index in [0.29, 0.717) is 11.0 Å². The van der Waals surface area contributed by atoms with Crippen LogP contribution < -0.4 is 5.73 Å². The number of alkyl halides is 1. The van der Waals surface area contributed by atoms with E-state index in [2.05, 4.69) is 25.9 Å². The van der Waals surface area contributed by atoms with Crippen molar-refractivity contribution < 1.29 is 0 Å². The summed E-state index contributed by atoms with van der Waals surface area (Å²) in [6, 6.07) is 0. The van der Waals surface area contributed by atoms with Crippen LogP contribution in [0.5, 0.6) is 0 Å². The SMILES string of the molecule is Nc1cnc(CBr)nc1. The molecular formula is C5H6BrN3. The van der Waals surface area contributed by atoms with Crippen molar-refractivity contribution in [2.24, 2.45) is 0 Å². The molecule has 0 bridgehead atoms.